The Kier molecular flexibility index (Phi) is 4.05. The molecule has 0 bridgehead atoms. The van der Waals surface area contributed by atoms with Crippen LogP contribution in [-0.2, 0) is 0 Å². The van der Waals surface area contributed by atoms with E-state index in [1.54, 1.807) is 6.07 Å². The molecule has 3 aromatic rings. The lowest BCUT2D eigenvalue weighted by Gasteiger charge is -2.25. The van der Waals surface area contributed by atoms with Gasteiger partial charge in [0.25, 0.3) is 0 Å². The number of hydrogen-bond acceptors (Lipinski definition) is 3. The van der Waals surface area contributed by atoms with Crippen LogP contribution >= 0.6 is 0 Å². The molecule has 0 aliphatic carbocycles. The Morgan fingerprint density at radius 3 is 2.54 bits per heavy atom. The molecule has 1 aliphatic rings. The van der Waals surface area contributed by atoms with Gasteiger partial charge in [0.05, 0.1) is 17.6 Å². The van der Waals surface area contributed by atoms with E-state index >= 15 is 0 Å². The molecular formula is C20H21N3O. The first kappa shape index (κ1) is 15.0. The van der Waals surface area contributed by atoms with Crippen molar-refractivity contribution in [2.45, 2.75) is 18.8 Å². The summed E-state index contributed by atoms with van der Waals surface area (Å²) in [4.78, 5) is 0. The van der Waals surface area contributed by atoms with Gasteiger partial charge in [-0.15, -0.1) is 0 Å². The van der Waals surface area contributed by atoms with E-state index in [0.717, 1.165) is 42.7 Å². The van der Waals surface area contributed by atoms with E-state index in [9.17, 15) is 5.11 Å². The van der Waals surface area contributed by atoms with Gasteiger partial charge in [0.2, 0.25) is 0 Å². The fourth-order valence-corrected chi connectivity index (χ4v) is 3.52. The van der Waals surface area contributed by atoms with Crippen molar-refractivity contribution in [1.82, 2.24) is 15.1 Å². The molecule has 2 heterocycles. The largest absolute Gasteiger partial charge is 0.507 e. The second-order valence-electron chi connectivity index (χ2n) is 6.25. The zero-order valence-electron chi connectivity index (χ0n) is 13.5. The van der Waals surface area contributed by atoms with Gasteiger partial charge in [-0.3, -0.25) is 0 Å². The van der Waals surface area contributed by atoms with Crippen molar-refractivity contribution in [1.29, 1.82) is 0 Å². The van der Waals surface area contributed by atoms with Crippen molar-refractivity contribution >= 4 is 0 Å². The minimum atomic E-state index is 0.301. The van der Waals surface area contributed by atoms with Crippen LogP contribution in [0.3, 0.4) is 0 Å². The number of nitrogens with one attached hydrogen (secondary N) is 1. The number of para-hydroxylation sites is 2. The maximum Gasteiger partial charge on any atom is 0.123 e. The minimum Gasteiger partial charge on any atom is -0.507 e. The Bertz CT molecular complexity index is 820. The van der Waals surface area contributed by atoms with Crippen LogP contribution in [-0.4, -0.2) is 28.0 Å². The molecule has 1 saturated heterocycles. The number of aromatic hydroxyl groups is 1. The summed E-state index contributed by atoms with van der Waals surface area (Å²) in [5, 5.41) is 18.5. The van der Waals surface area contributed by atoms with Crippen molar-refractivity contribution in [3.8, 4) is 22.6 Å². The number of aromatic nitrogens is 2. The fourth-order valence-electron chi connectivity index (χ4n) is 3.52. The monoisotopic (exact) mass is 319 g/mol. The predicted octanol–water partition coefficient (Wildman–Crippen LogP) is 3.71. The Morgan fingerprint density at radius 1 is 1.00 bits per heavy atom. The molecule has 1 aliphatic heterocycles. The molecule has 1 fully saturated rings. The number of piperidine rings is 1. The summed E-state index contributed by atoms with van der Waals surface area (Å²) in [5.74, 6) is 0.686. The maximum absolute atomic E-state index is 10.3. The molecule has 4 heteroatoms. The summed E-state index contributed by atoms with van der Waals surface area (Å²) in [6.45, 7) is 2.01. The summed E-state index contributed by atoms with van der Waals surface area (Å²) < 4.78 is 2.03. The lowest BCUT2D eigenvalue weighted by atomic mass is 9.91. The van der Waals surface area contributed by atoms with Crippen LogP contribution in [0.15, 0.2) is 60.8 Å². The van der Waals surface area contributed by atoms with Crippen LogP contribution in [0, 0.1) is 0 Å². The molecule has 2 N–H and O–H groups in total. The number of hydrogen-bond donors (Lipinski definition) is 2. The highest BCUT2D eigenvalue weighted by Gasteiger charge is 2.25. The zero-order valence-corrected chi connectivity index (χ0v) is 13.5. The Morgan fingerprint density at radius 2 is 1.79 bits per heavy atom. The zero-order chi connectivity index (χ0) is 16.4. The van der Waals surface area contributed by atoms with E-state index in [2.05, 4.69) is 22.5 Å². The minimum absolute atomic E-state index is 0.301. The van der Waals surface area contributed by atoms with Gasteiger partial charge in [0.15, 0.2) is 0 Å². The number of benzene rings is 2. The molecule has 2 aromatic carbocycles. The highest BCUT2D eigenvalue weighted by atomic mass is 16.3. The molecule has 24 heavy (non-hydrogen) atoms. The molecule has 0 saturated carbocycles. The Labute approximate surface area is 141 Å². The van der Waals surface area contributed by atoms with Crippen LogP contribution in [0.25, 0.3) is 16.8 Å². The average Bonchev–Trinajstić information content (AvgIpc) is 3.08. The van der Waals surface area contributed by atoms with Gasteiger partial charge >= 0.3 is 0 Å². The molecule has 0 radical (unpaired) electrons. The smallest absolute Gasteiger partial charge is 0.123 e. The first-order chi connectivity index (χ1) is 11.8. The van der Waals surface area contributed by atoms with E-state index in [0.29, 0.717) is 11.7 Å². The summed E-state index contributed by atoms with van der Waals surface area (Å²) in [7, 11) is 0. The van der Waals surface area contributed by atoms with Crippen molar-refractivity contribution in [2.24, 2.45) is 0 Å². The second kappa shape index (κ2) is 6.49. The number of phenols is 1. The van der Waals surface area contributed by atoms with Gasteiger partial charge in [-0.25, -0.2) is 4.68 Å². The summed E-state index contributed by atoms with van der Waals surface area (Å²) in [6, 6.07) is 17.7. The maximum atomic E-state index is 10.3. The van der Waals surface area contributed by atoms with Gasteiger partial charge in [-0.1, -0.05) is 36.4 Å². The van der Waals surface area contributed by atoms with Gasteiger partial charge < -0.3 is 10.4 Å². The van der Waals surface area contributed by atoms with E-state index in [1.165, 1.54) is 5.69 Å². The first-order valence-electron chi connectivity index (χ1n) is 8.47. The molecule has 122 valence electrons. The van der Waals surface area contributed by atoms with Crippen molar-refractivity contribution in [3.63, 3.8) is 0 Å². The van der Waals surface area contributed by atoms with Crippen LogP contribution in [0.2, 0.25) is 0 Å². The molecule has 4 rings (SSSR count). The first-order valence-corrected chi connectivity index (χ1v) is 8.47. The SMILES string of the molecule is Oc1ccccc1-c1cnn(-c2ccccc2)c1C1CCCNC1. The molecule has 4 nitrogen and oxygen atoms in total. The van der Waals surface area contributed by atoms with E-state index in [4.69, 9.17) is 0 Å². The molecule has 1 unspecified atom stereocenters. The van der Waals surface area contributed by atoms with Gasteiger partial charge in [0.1, 0.15) is 5.75 Å². The summed E-state index contributed by atoms with van der Waals surface area (Å²) in [5.41, 5.74) is 4.10. The topological polar surface area (TPSA) is 50.1 Å². The molecule has 0 amide bonds. The Hall–Kier alpha value is -2.59. The molecule has 1 atom stereocenters. The number of rotatable bonds is 3. The third-order valence-corrected chi connectivity index (χ3v) is 4.69. The third kappa shape index (κ3) is 2.69. The highest BCUT2D eigenvalue weighted by Crippen LogP contribution is 2.37. The van der Waals surface area contributed by atoms with Crippen LogP contribution in [0.5, 0.6) is 5.75 Å². The molecule has 0 spiro atoms. The van der Waals surface area contributed by atoms with Gasteiger partial charge in [0, 0.05) is 23.6 Å². The summed E-state index contributed by atoms with van der Waals surface area (Å²) in [6.07, 6.45) is 4.17. The van der Waals surface area contributed by atoms with E-state index < -0.39 is 0 Å². The predicted molar refractivity (Wildman–Crippen MR) is 95.5 cm³/mol. The van der Waals surface area contributed by atoms with E-state index in [1.807, 2.05) is 47.3 Å². The van der Waals surface area contributed by atoms with Crippen LogP contribution in [0.1, 0.15) is 24.5 Å². The highest BCUT2D eigenvalue weighted by molar-refractivity contribution is 5.72. The summed E-state index contributed by atoms with van der Waals surface area (Å²) >= 11 is 0. The fraction of sp³-hybridized carbons (Fsp3) is 0.250. The third-order valence-electron chi connectivity index (χ3n) is 4.69. The molecular weight excluding hydrogens is 298 g/mol. The van der Waals surface area contributed by atoms with Crippen molar-refractivity contribution in [2.75, 3.05) is 13.1 Å². The van der Waals surface area contributed by atoms with Crippen LogP contribution < -0.4 is 5.32 Å². The van der Waals surface area contributed by atoms with Crippen molar-refractivity contribution in [3.05, 3.63) is 66.5 Å². The lowest BCUT2D eigenvalue weighted by Crippen LogP contribution is -2.29. The number of phenolic OH excluding ortho intramolecular Hbond substituents is 1. The van der Waals surface area contributed by atoms with Crippen LogP contribution in [0.4, 0.5) is 0 Å². The van der Waals surface area contributed by atoms with Gasteiger partial charge in [-0.2, -0.15) is 5.10 Å². The van der Waals surface area contributed by atoms with Crippen molar-refractivity contribution < 1.29 is 5.11 Å². The normalized spacial score (nSPS) is 17.8. The lowest BCUT2D eigenvalue weighted by molar-refractivity contribution is 0.447. The Balaban J connectivity index is 1.88. The van der Waals surface area contributed by atoms with Gasteiger partial charge in [-0.05, 0) is 37.6 Å². The standard InChI is InChI=1S/C20H21N3O/c24-19-11-5-4-10-17(19)18-14-22-23(16-8-2-1-3-9-16)20(18)15-7-6-12-21-13-15/h1-5,8-11,14-15,21,24H,6-7,12-13H2. The number of nitrogens with zero attached hydrogens (tertiary/aromatic N) is 2. The van der Waals surface area contributed by atoms with E-state index in [-0.39, 0.29) is 0 Å². The quantitative estimate of drug-likeness (QED) is 0.774. The second-order valence-corrected chi connectivity index (χ2v) is 6.25. The average molecular weight is 319 g/mol. The molecule has 1 aromatic heterocycles.